The molecule has 0 unspecified atom stereocenters. The van der Waals surface area contributed by atoms with Crippen LogP contribution in [0, 0.1) is 0 Å². The molecule has 0 bridgehead atoms. The average molecular weight is 280 g/mol. The molecule has 1 aromatic carbocycles. The topological polar surface area (TPSA) is 3.24 Å². The third kappa shape index (κ3) is 3.21. The van der Waals surface area contributed by atoms with E-state index in [0.29, 0.717) is 5.03 Å². The molecule has 96 valence electrons. The Morgan fingerprint density at radius 2 is 2.06 bits per heavy atom. The zero-order valence-corrected chi connectivity index (χ0v) is 12.6. The van der Waals surface area contributed by atoms with E-state index < -0.39 is 0 Å². The van der Waals surface area contributed by atoms with Gasteiger partial charge in [-0.1, -0.05) is 36.9 Å². The number of allylic oxidation sites excluding steroid dienone is 3. The highest BCUT2D eigenvalue weighted by Gasteiger charge is 2.08. The van der Waals surface area contributed by atoms with Crippen LogP contribution < -0.4 is 4.90 Å². The summed E-state index contributed by atoms with van der Waals surface area (Å²) in [5.74, 6) is 0. The van der Waals surface area contributed by atoms with E-state index in [1.165, 1.54) is 4.90 Å². The minimum Gasteiger partial charge on any atom is -0.351 e. The molecule has 0 heterocycles. The second kappa shape index (κ2) is 6.72. The normalized spacial score (nSPS) is 11.8. The number of rotatable bonds is 5. The second-order valence-corrected chi connectivity index (χ2v) is 5.11. The van der Waals surface area contributed by atoms with Gasteiger partial charge in [-0.3, -0.25) is 0 Å². The third-order valence-corrected chi connectivity index (χ3v) is 4.03. The Morgan fingerprint density at radius 3 is 2.56 bits per heavy atom. The van der Waals surface area contributed by atoms with E-state index >= 15 is 0 Å². The van der Waals surface area contributed by atoms with Crippen LogP contribution in [0.25, 0.3) is 5.57 Å². The minimum atomic E-state index is 0.680. The first-order valence-electron chi connectivity index (χ1n) is 5.57. The Balaban J connectivity index is 3.35. The first kappa shape index (κ1) is 14.9. The Hall–Kier alpha value is -1.12. The van der Waals surface area contributed by atoms with Crippen LogP contribution in [0.15, 0.2) is 53.6 Å². The van der Waals surface area contributed by atoms with Crippen molar-refractivity contribution in [2.75, 3.05) is 18.2 Å². The van der Waals surface area contributed by atoms with Crippen LogP contribution in [0.2, 0.25) is 0 Å². The highest BCUT2D eigenvalue weighted by atomic mass is 35.5. The molecule has 3 heteroatoms. The second-order valence-electron chi connectivity index (χ2n) is 3.86. The largest absolute Gasteiger partial charge is 0.351 e. The molecule has 1 rings (SSSR count). The first-order chi connectivity index (χ1) is 8.54. The molecule has 0 radical (unpaired) electrons. The Kier molecular flexibility index (Phi) is 5.57. The van der Waals surface area contributed by atoms with E-state index in [4.69, 9.17) is 11.6 Å². The van der Waals surface area contributed by atoms with Crippen molar-refractivity contribution in [3.05, 3.63) is 54.2 Å². The number of hydrogen-bond donors (Lipinski definition) is 0. The van der Waals surface area contributed by atoms with Crippen molar-refractivity contribution in [3.8, 4) is 0 Å². The Labute approximate surface area is 119 Å². The maximum absolute atomic E-state index is 6.11. The van der Waals surface area contributed by atoms with Crippen LogP contribution in [0.1, 0.15) is 12.5 Å². The van der Waals surface area contributed by atoms with Gasteiger partial charge < -0.3 is 4.90 Å². The van der Waals surface area contributed by atoms with Crippen molar-refractivity contribution in [3.63, 3.8) is 0 Å². The summed E-state index contributed by atoms with van der Waals surface area (Å²) in [6, 6.07) is 6.30. The summed E-state index contributed by atoms with van der Waals surface area (Å²) in [6.45, 7) is 9.49. The number of halogens is 1. The molecule has 0 amide bonds. The summed E-state index contributed by atoms with van der Waals surface area (Å²) in [5, 5.41) is 0.680. The maximum atomic E-state index is 6.11. The molecule has 0 spiro atoms. The molecule has 1 nitrogen and oxygen atoms in total. The smallest absolute Gasteiger partial charge is 0.0547 e. The maximum Gasteiger partial charge on any atom is 0.0547 e. The Morgan fingerprint density at radius 1 is 1.39 bits per heavy atom. The van der Waals surface area contributed by atoms with E-state index in [2.05, 4.69) is 37.6 Å². The summed E-state index contributed by atoms with van der Waals surface area (Å²) in [4.78, 5) is 3.22. The van der Waals surface area contributed by atoms with Gasteiger partial charge in [0.15, 0.2) is 0 Å². The zero-order valence-electron chi connectivity index (χ0n) is 11.0. The molecule has 0 aromatic heterocycles. The summed E-state index contributed by atoms with van der Waals surface area (Å²) < 4.78 is 0. The van der Waals surface area contributed by atoms with Gasteiger partial charge in [0.1, 0.15) is 0 Å². The minimum absolute atomic E-state index is 0.680. The van der Waals surface area contributed by atoms with Gasteiger partial charge in [0.05, 0.1) is 5.69 Å². The number of hydrogen-bond acceptors (Lipinski definition) is 2. The summed E-state index contributed by atoms with van der Waals surface area (Å²) >= 11 is 7.83. The SMILES string of the molecule is C=C/C(Cl)=C(\C)c1ccc(SC)c(N(C)C=C)c1. The lowest BCUT2D eigenvalue weighted by Gasteiger charge is -2.18. The predicted molar refractivity (Wildman–Crippen MR) is 85.5 cm³/mol. The average Bonchev–Trinajstić information content (AvgIpc) is 2.43. The van der Waals surface area contributed by atoms with Crippen molar-refractivity contribution in [2.24, 2.45) is 0 Å². The van der Waals surface area contributed by atoms with Gasteiger partial charge in [0.25, 0.3) is 0 Å². The van der Waals surface area contributed by atoms with Gasteiger partial charge in [-0.25, -0.2) is 0 Å². The van der Waals surface area contributed by atoms with Gasteiger partial charge in [0, 0.05) is 17.0 Å². The third-order valence-electron chi connectivity index (χ3n) is 2.80. The fraction of sp³-hybridized carbons (Fsp3) is 0.200. The van der Waals surface area contributed by atoms with Gasteiger partial charge in [0.2, 0.25) is 0 Å². The monoisotopic (exact) mass is 279 g/mol. The molecule has 18 heavy (non-hydrogen) atoms. The van der Waals surface area contributed by atoms with E-state index in [9.17, 15) is 0 Å². The van der Waals surface area contributed by atoms with Gasteiger partial charge in [-0.05, 0) is 42.6 Å². The molecule has 0 fully saturated rings. The van der Waals surface area contributed by atoms with Crippen molar-refractivity contribution in [1.29, 1.82) is 0 Å². The number of anilines is 1. The van der Waals surface area contributed by atoms with Gasteiger partial charge in [-0.15, -0.1) is 11.8 Å². The van der Waals surface area contributed by atoms with E-state index in [-0.39, 0.29) is 0 Å². The lowest BCUT2D eigenvalue weighted by atomic mass is 10.1. The molecule has 0 aliphatic heterocycles. The predicted octanol–water partition coefficient (Wildman–Crippen LogP) is 5.14. The van der Waals surface area contributed by atoms with Gasteiger partial charge >= 0.3 is 0 Å². The lowest BCUT2D eigenvalue weighted by Crippen LogP contribution is -2.08. The number of benzene rings is 1. The highest BCUT2D eigenvalue weighted by molar-refractivity contribution is 7.98. The molecule has 0 aliphatic carbocycles. The van der Waals surface area contributed by atoms with Crippen LogP contribution in [0.4, 0.5) is 5.69 Å². The first-order valence-corrected chi connectivity index (χ1v) is 7.18. The number of thioether (sulfide) groups is 1. The molecule has 0 saturated carbocycles. The summed E-state index contributed by atoms with van der Waals surface area (Å²) in [5.41, 5.74) is 3.25. The van der Waals surface area contributed by atoms with E-state index in [1.807, 2.05) is 18.9 Å². The van der Waals surface area contributed by atoms with Crippen molar-refractivity contribution >= 4 is 34.6 Å². The van der Waals surface area contributed by atoms with Crippen LogP contribution >= 0.6 is 23.4 Å². The summed E-state index contributed by atoms with van der Waals surface area (Å²) in [6.07, 6.45) is 5.53. The standard InChI is InChI=1S/C15H18ClNS/c1-6-13(16)11(3)12-8-9-15(18-5)14(10-12)17(4)7-2/h6-10H,1-2H2,3-5H3/b13-11-. The molecule has 0 atom stereocenters. The van der Waals surface area contributed by atoms with E-state index in [1.54, 1.807) is 24.0 Å². The molecule has 0 aliphatic rings. The molecule has 0 saturated heterocycles. The highest BCUT2D eigenvalue weighted by Crippen LogP contribution is 2.32. The zero-order chi connectivity index (χ0) is 13.7. The molecule has 0 N–H and O–H groups in total. The van der Waals surface area contributed by atoms with E-state index in [0.717, 1.165) is 16.8 Å². The Bertz CT molecular complexity index is 491. The molecular weight excluding hydrogens is 262 g/mol. The van der Waals surface area contributed by atoms with Crippen molar-refractivity contribution in [2.45, 2.75) is 11.8 Å². The fourth-order valence-electron chi connectivity index (χ4n) is 1.59. The van der Waals surface area contributed by atoms with Crippen molar-refractivity contribution < 1.29 is 0 Å². The van der Waals surface area contributed by atoms with Crippen LogP contribution in [-0.2, 0) is 0 Å². The van der Waals surface area contributed by atoms with Gasteiger partial charge in [-0.2, -0.15) is 0 Å². The lowest BCUT2D eigenvalue weighted by molar-refractivity contribution is 1.16. The van der Waals surface area contributed by atoms with Crippen LogP contribution in [0.5, 0.6) is 0 Å². The van der Waals surface area contributed by atoms with Crippen LogP contribution in [-0.4, -0.2) is 13.3 Å². The molecular formula is C15H18ClNS. The number of nitrogens with zero attached hydrogens (tertiary/aromatic N) is 1. The quantitative estimate of drug-likeness (QED) is 0.542. The fourth-order valence-corrected chi connectivity index (χ4v) is 2.31. The van der Waals surface area contributed by atoms with Crippen molar-refractivity contribution in [1.82, 2.24) is 0 Å². The van der Waals surface area contributed by atoms with Crippen LogP contribution in [0.3, 0.4) is 0 Å². The molecule has 1 aromatic rings. The summed E-state index contributed by atoms with van der Waals surface area (Å²) in [7, 11) is 1.99.